The summed E-state index contributed by atoms with van der Waals surface area (Å²) in [7, 11) is 0. The number of aromatic nitrogens is 2. The molecule has 2 N–H and O–H groups in total. The molecule has 0 radical (unpaired) electrons. The number of thiophene rings is 1. The summed E-state index contributed by atoms with van der Waals surface area (Å²) in [6, 6.07) is 5.22. The van der Waals surface area contributed by atoms with E-state index in [1.54, 1.807) is 11.3 Å². The summed E-state index contributed by atoms with van der Waals surface area (Å²) in [5.41, 5.74) is 1.98. The highest BCUT2D eigenvalue weighted by Crippen LogP contribution is 2.24. The summed E-state index contributed by atoms with van der Waals surface area (Å²) in [5.74, 6) is 0. The van der Waals surface area contributed by atoms with Gasteiger partial charge in [0, 0.05) is 30.2 Å². The average molecular weight is 333 g/mol. The number of imide groups is 1. The molecule has 0 unspecified atom stereocenters. The monoisotopic (exact) mass is 333 g/mol. The Morgan fingerprint density at radius 1 is 1.52 bits per heavy atom. The Hall–Kier alpha value is -2.35. The fourth-order valence-electron chi connectivity index (χ4n) is 2.69. The van der Waals surface area contributed by atoms with Gasteiger partial charge in [-0.25, -0.2) is 14.5 Å². The molecule has 3 rings (SSSR count). The molecule has 1 aliphatic rings. The number of hydrogen-bond donors (Lipinski definition) is 2. The zero-order valence-electron chi connectivity index (χ0n) is 13.1. The van der Waals surface area contributed by atoms with Crippen LogP contribution in [0.2, 0.25) is 0 Å². The van der Waals surface area contributed by atoms with Crippen LogP contribution in [-0.4, -0.2) is 46.4 Å². The first-order valence-electron chi connectivity index (χ1n) is 7.45. The SMILES string of the molecule is Cc1cc(C)n([C@H](CNC(=O)N2CCNC2=O)c2cccs2)n1. The van der Waals surface area contributed by atoms with Gasteiger partial charge in [0.05, 0.1) is 5.69 Å². The fraction of sp³-hybridized carbons (Fsp3) is 0.400. The van der Waals surface area contributed by atoms with E-state index in [9.17, 15) is 9.59 Å². The second kappa shape index (κ2) is 6.41. The Morgan fingerprint density at radius 3 is 2.91 bits per heavy atom. The van der Waals surface area contributed by atoms with Crippen LogP contribution in [0.15, 0.2) is 23.6 Å². The van der Waals surface area contributed by atoms with E-state index in [0.717, 1.165) is 16.3 Å². The van der Waals surface area contributed by atoms with Crippen molar-refractivity contribution in [1.29, 1.82) is 0 Å². The summed E-state index contributed by atoms with van der Waals surface area (Å²) < 4.78 is 1.92. The van der Waals surface area contributed by atoms with E-state index in [1.165, 1.54) is 4.90 Å². The van der Waals surface area contributed by atoms with Crippen molar-refractivity contribution in [2.24, 2.45) is 0 Å². The number of amides is 4. The lowest BCUT2D eigenvalue weighted by Crippen LogP contribution is -2.44. The molecule has 1 aliphatic heterocycles. The number of urea groups is 2. The van der Waals surface area contributed by atoms with Gasteiger partial charge in [-0.3, -0.25) is 4.68 Å². The van der Waals surface area contributed by atoms with Gasteiger partial charge in [-0.1, -0.05) is 6.07 Å². The molecule has 2 aromatic heterocycles. The minimum Gasteiger partial charge on any atom is -0.336 e. The van der Waals surface area contributed by atoms with Crippen molar-refractivity contribution >= 4 is 23.4 Å². The number of nitrogens with zero attached hydrogens (tertiary/aromatic N) is 3. The van der Waals surface area contributed by atoms with Crippen molar-refractivity contribution in [3.63, 3.8) is 0 Å². The third-order valence-corrected chi connectivity index (χ3v) is 4.73. The van der Waals surface area contributed by atoms with Crippen LogP contribution in [-0.2, 0) is 0 Å². The van der Waals surface area contributed by atoms with Crippen LogP contribution in [0.5, 0.6) is 0 Å². The quantitative estimate of drug-likeness (QED) is 0.897. The van der Waals surface area contributed by atoms with Crippen molar-refractivity contribution in [1.82, 2.24) is 25.3 Å². The molecule has 0 aromatic carbocycles. The van der Waals surface area contributed by atoms with E-state index < -0.39 is 0 Å². The molecular weight excluding hydrogens is 314 g/mol. The summed E-state index contributed by atoms with van der Waals surface area (Å²) in [5, 5.41) is 12.0. The van der Waals surface area contributed by atoms with E-state index >= 15 is 0 Å². The second-order valence-corrected chi connectivity index (χ2v) is 6.45. The molecule has 0 spiro atoms. The predicted octanol–water partition coefficient (Wildman–Crippen LogP) is 1.89. The van der Waals surface area contributed by atoms with Crippen molar-refractivity contribution in [2.75, 3.05) is 19.6 Å². The molecule has 1 fully saturated rings. The lowest BCUT2D eigenvalue weighted by atomic mass is 10.2. The van der Waals surface area contributed by atoms with Crippen molar-refractivity contribution in [3.8, 4) is 0 Å². The van der Waals surface area contributed by atoms with Gasteiger partial charge in [0.2, 0.25) is 0 Å². The average Bonchev–Trinajstić information content (AvgIpc) is 3.22. The molecule has 0 bridgehead atoms. The van der Waals surface area contributed by atoms with Crippen LogP contribution in [0, 0.1) is 13.8 Å². The standard InChI is InChI=1S/C15H19N5O2S/c1-10-8-11(2)20(18-10)12(13-4-3-7-23-13)9-17-15(22)19-6-5-16-14(19)21/h3-4,7-8,12H,5-6,9H2,1-2H3,(H,16,21)(H,17,22)/t12-/m1/s1. The lowest BCUT2D eigenvalue weighted by Gasteiger charge is -2.20. The van der Waals surface area contributed by atoms with Crippen LogP contribution in [0.4, 0.5) is 9.59 Å². The van der Waals surface area contributed by atoms with Gasteiger partial charge in [-0.15, -0.1) is 11.3 Å². The second-order valence-electron chi connectivity index (χ2n) is 5.47. The van der Waals surface area contributed by atoms with Gasteiger partial charge in [0.1, 0.15) is 6.04 Å². The van der Waals surface area contributed by atoms with Crippen molar-refractivity contribution in [3.05, 3.63) is 39.8 Å². The summed E-state index contributed by atoms with van der Waals surface area (Å²) in [6.45, 7) is 5.22. The molecule has 1 atom stereocenters. The first-order valence-corrected chi connectivity index (χ1v) is 8.33. The number of aryl methyl sites for hydroxylation is 2. The third-order valence-electron chi connectivity index (χ3n) is 3.76. The molecular formula is C15H19N5O2S. The zero-order chi connectivity index (χ0) is 16.4. The highest BCUT2D eigenvalue weighted by atomic mass is 32.1. The summed E-state index contributed by atoms with van der Waals surface area (Å²) in [6.07, 6.45) is 0. The molecule has 0 saturated carbocycles. The Labute approximate surface area is 138 Å². The minimum absolute atomic E-state index is 0.0849. The minimum atomic E-state index is -0.372. The number of hydrogen-bond acceptors (Lipinski definition) is 4. The lowest BCUT2D eigenvalue weighted by molar-refractivity contribution is 0.198. The molecule has 23 heavy (non-hydrogen) atoms. The molecule has 4 amide bonds. The van der Waals surface area contributed by atoms with E-state index in [1.807, 2.05) is 42.1 Å². The third kappa shape index (κ3) is 3.21. The van der Waals surface area contributed by atoms with Gasteiger partial charge < -0.3 is 10.6 Å². The summed E-state index contributed by atoms with van der Waals surface area (Å²) in [4.78, 5) is 26.0. The molecule has 2 aromatic rings. The highest BCUT2D eigenvalue weighted by Gasteiger charge is 2.27. The van der Waals surface area contributed by atoms with Gasteiger partial charge in [0.15, 0.2) is 0 Å². The van der Waals surface area contributed by atoms with E-state index in [4.69, 9.17) is 0 Å². The van der Waals surface area contributed by atoms with Crippen LogP contribution in [0.3, 0.4) is 0 Å². The first-order chi connectivity index (χ1) is 11.1. The zero-order valence-corrected chi connectivity index (χ0v) is 13.9. The van der Waals surface area contributed by atoms with Crippen molar-refractivity contribution < 1.29 is 9.59 Å². The smallest absolute Gasteiger partial charge is 0.325 e. The first kappa shape index (κ1) is 15.5. The largest absolute Gasteiger partial charge is 0.336 e. The van der Waals surface area contributed by atoms with Gasteiger partial charge in [-0.2, -0.15) is 5.10 Å². The van der Waals surface area contributed by atoms with Crippen LogP contribution >= 0.6 is 11.3 Å². The summed E-state index contributed by atoms with van der Waals surface area (Å²) >= 11 is 1.62. The van der Waals surface area contributed by atoms with E-state index in [2.05, 4.69) is 15.7 Å². The Bertz CT molecular complexity index is 710. The molecule has 3 heterocycles. The normalized spacial score (nSPS) is 15.6. The topological polar surface area (TPSA) is 79.3 Å². The van der Waals surface area contributed by atoms with Crippen molar-refractivity contribution in [2.45, 2.75) is 19.9 Å². The molecule has 0 aliphatic carbocycles. The Kier molecular flexibility index (Phi) is 4.33. The van der Waals surface area contributed by atoms with Crippen LogP contribution in [0.25, 0.3) is 0 Å². The van der Waals surface area contributed by atoms with E-state index in [-0.39, 0.29) is 18.1 Å². The number of carbonyl (C=O) groups excluding carboxylic acids is 2. The molecule has 7 nitrogen and oxygen atoms in total. The van der Waals surface area contributed by atoms with Crippen LogP contribution < -0.4 is 10.6 Å². The van der Waals surface area contributed by atoms with E-state index in [0.29, 0.717) is 19.6 Å². The molecule has 1 saturated heterocycles. The van der Waals surface area contributed by atoms with Gasteiger partial charge >= 0.3 is 12.1 Å². The maximum absolute atomic E-state index is 12.2. The van der Waals surface area contributed by atoms with Crippen LogP contribution in [0.1, 0.15) is 22.3 Å². The maximum atomic E-state index is 12.2. The number of nitrogens with one attached hydrogen (secondary N) is 2. The van der Waals surface area contributed by atoms with Gasteiger partial charge in [0.25, 0.3) is 0 Å². The Morgan fingerprint density at radius 2 is 2.35 bits per heavy atom. The maximum Gasteiger partial charge on any atom is 0.325 e. The predicted molar refractivity (Wildman–Crippen MR) is 87.7 cm³/mol. The Balaban J connectivity index is 1.76. The molecule has 8 heteroatoms. The molecule has 122 valence electrons. The number of rotatable bonds is 4. The highest BCUT2D eigenvalue weighted by molar-refractivity contribution is 7.10. The van der Waals surface area contributed by atoms with Gasteiger partial charge in [-0.05, 0) is 31.4 Å². The number of carbonyl (C=O) groups is 2. The fourth-order valence-corrected chi connectivity index (χ4v) is 3.51.